The van der Waals surface area contributed by atoms with Crippen LogP contribution in [0.1, 0.15) is 0 Å². The van der Waals surface area contributed by atoms with E-state index >= 15 is 0 Å². The SMILES string of the molecule is Clc1cc(-c2nc(-c3ccccc3)nc(-c3ccccc3)n2)cc(-n2c3ccccc3c3ccc(-c4ccccc4)cc32)c1. The van der Waals surface area contributed by atoms with Crippen LogP contribution in [0.25, 0.3) is 72.8 Å². The minimum absolute atomic E-state index is 0.562. The second kappa shape index (κ2) is 10.9. The molecule has 2 aromatic heterocycles. The zero-order valence-corrected chi connectivity index (χ0v) is 24.4. The van der Waals surface area contributed by atoms with Crippen LogP contribution >= 0.6 is 11.6 Å². The number of benzene rings is 6. The molecular weight excluding hydrogens is 560 g/mol. The van der Waals surface area contributed by atoms with Gasteiger partial charge in [0, 0.05) is 38.2 Å². The summed E-state index contributed by atoms with van der Waals surface area (Å²) in [6.45, 7) is 0. The van der Waals surface area contributed by atoms with Crippen LogP contribution in [0.4, 0.5) is 0 Å². The molecule has 0 aliphatic rings. The molecule has 8 rings (SSSR count). The number of halogens is 1. The van der Waals surface area contributed by atoms with Crippen molar-refractivity contribution in [2.75, 3.05) is 0 Å². The van der Waals surface area contributed by atoms with Crippen molar-refractivity contribution < 1.29 is 0 Å². The largest absolute Gasteiger partial charge is 0.309 e. The van der Waals surface area contributed by atoms with Gasteiger partial charge in [0.05, 0.1) is 11.0 Å². The molecule has 0 saturated carbocycles. The first kappa shape index (κ1) is 26.1. The summed E-state index contributed by atoms with van der Waals surface area (Å²) >= 11 is 6.88. The fraction of sp³-hybridized carbons (Fsp3) is 0. The van der Waals surface area contributed by atoms with Crippen molar-refractivity contribution in [1.29, 1.82) is 0 Å². The highest BCUT2D eigenvalue weighted by Gasteiger charge is 2.17. The molecule has 8 aromatic rings. The van der Waals surface area contributed by atoms with Gasteiger partial charge in [-0.2, -0.15) is 0 Å². The maximum Gasteiger partial charge on any atom is 0.164 e. The van der Waals surface area contributed by atoms with E-state index in [4.69, 9.17) is 26.6 Å². The summed E-state index contributed by atoms with van der Waals surface area (Å²) in [5, 5.41) is 2.96. The predicted molar refractivity (Wildman–Crippen MR) is 181 cm³/mol. The van der Waals surface area contributed by atoms with E-state index in [2.05, 4.69) is 77.4 Å². The number of nitrogens with zero attached hydrogens (tertiary/aromatic N) is 4. The van der Waals surface area contributed by atoms with Gasteiger partial charge in [-0.3, -0.25) is 0 Å². The molecule has 0 atom stereocenters. The lowest BCUT2D eigenvalue weighted by molar-refractivity contribution is 1.07. The Balaban J connectivity index is 1.35. The molecule has 0 aliphatic heterocycles. The Kier molecular flexibility index (Phi) is 6.47. The Morgan fingerprint density at radius 1 is 0.386 bits per heavy atom. The quantitative estimate of drug-likeness (QED) is 0.202. The Morgan fingerprint density at radius 2 is 0.909 bits per heavy atom. The van der Waals surface area contributed by atoms with Crippen molar-refractivity contribution in [3.05, 3.63) is 157 Å². The highest BCUT2D eigenvalue weighted by molar-refractivity contribution is 6.31. The van der Waals surface area contributed by atoms with Crippen molar-refractivity contribution in [3.63, 3.8) is 0 Å². The second-order valence-corrected chi connectivity index (χ2v) is 11.1. The Morgan fingerprint density at radius 3 is 1.55 bits per heavy atom. The van der Waals surface area contributed by atoms with E-state index < -0.39 is 0 Å². The van der Waals surface area contributed by atoms with Gasteiger partial charge in [-0.1, -0.05) is 133 Å². The molecule has 0 fully saturated rings. The molecule has 0 spiro atoms. The average molecular weight is 585 g/mol. The minimum Gasteiger partial charge on any atom is -0.309 e. The maximum atomic E-state index is 6.88. The van der Waals surface area contributed by atoms with Gasteiger partial charge in [0.25, 0.3) is 0 Å². The average Bonchev–Trinajstić information content (AvgIpc) is 3.43. The monoisotopic (exact) mass is 584 g/mol. The number of rotatable bonds is 5. The second-order valence-electron chi connectivity index (χ2n) is 10.7. The molecule has 208 valence electrons. The molecule has 4 nitrogen and oxygen atoms in total. The third kappa shape index (κ3) is 4.72. The number of aromatic nitrogens is 4. The van der Waals surface area contributed by atoms with Gasteiger partial charge in [-0.05, 0) is 41.5 Å². The molecule has 5 heteroatoms. The van der Waals surface area contributed by atoms with Crippen LogP contribution in [-0.4, -0.2) is 19.5 Å². The van der Waals surface area contributed by atoms with Crippen LogP contribution in [0.2, 0.25) is 5.02 Å². The summed E-state index contributed by atoms with van der Waals surface area (Å²) in [6, 6.07) is 51.7. The zero-order valence-electron chi connectivity index (χ0n) is 23.6. The van der Waals surface area contributed by atoms with Gasteiger partial charge in [0.15, 0.2) is 17.5 Å². The van der Waals surface area contributed by atoms with Crippen molar-refractivity contribution in [3.8, 4) is 51.0 Å². The number of para-hydroxylation sites is 1. The fourth-order valence-electron chi connectivity index (χ4n) is 5.83. The first-order chi connectivity index (χ1) is 21.7. The first-order valence-electron chi connectivity index (χ1n) is 14.5. The summed E-state index contributed by atoms with van der Waals surface area (Å²) in [5.74, 6) is 1.79. The van der Waals surface area contributed by atoms with Crippen molar-refractivity contribution in [1.82, 2.24) is 19.5 Å². The first-order valence-corrected chi connectivity index (χ1v) is 14.9. The summed E-state index contributed by atoms with van der Waals surface area (Å²) in [7, 11) is 0. The lowest BCUT2D eigenvalue weighted by atomic mass is 10.0. The van der Waals surface area contributed by atoms with E-state index in [1.165, 1.54) is 16.3 Å². The van der Waals surface area contributed by atoms with E-state index in [1.807, 2.05) is 78.9 Å². The fourth-order valence-corrected chi connectivity index (χ4v) is 6.06. The maximum absolute atomic E-state index is 6.88. The lowest BCUT2D eigenvalue weighted by Crippen LogP contribution is -2.01. The third-order valence-corrected chi connectivity index (χ3v) is 8.10. The van der Waals surface area contributed by atoms with Crippen LogP contribution in [0.5, 0.6) is 0 Å². The molecule has 6 aromatic carbocycles. The molecule has 44 heavy (non-hydrogen) atoms. The van der Waals surface area contributed by atoms with Crippen LogP contribution < -0.4 is 0 Å². The highest BCUT2D eigenvalue weighted by Crippen LogP contribution is 2.37. The standard InChI is InChI=1S/C39H25ClN4/c40-31-22-30(39-42-37(27-14-6-2-7-15-27)41-38(43-39)28-16-8-3-9-17-28)23-32(25-31)44-35-19-11-10-18-33(35)34-21-20-29(24-36(34)44)26-12-4-1-5-13-26/h1-25H. The lowest BCUT2D eigenvalue weighted by Gasteiger charge is -2.13. The van der Waals surface area contributed by atoms with E-state index in [0.29, 0.717) is 22.5 Å². The predicted octanol–water partition coefficient (Wildman–Crippen LogP) is 10.3. The summed E-state index contributed by atoms with van der Waals surface area (Å²) in [5.41, 5.74) is 8.13. The minimum atomic E-state index is 0.562. The zero-order chi connectivity index (χ0) is 29.5. The normalized spacial score (nSPS) is 11.3. The molecule has 0 N–H and O–H groups in total. The van der Waals surface area contributed by atoms with Crippen LogP contribution in [-0.2, 0) is 0 Å². The van der Waals surface area contributed by atoms with Crippen molar-refractivity contribution in [2.45, 2.75) is 0 Å². The molecule has 0 amide bonds. The van der Waals surface area contributed by atoms with Crippen LogP contribution in [0.15, 0.2) is 152 Å². The highest BCUT2D eigenvalue weighted by atomic mass is 35.5. The van der Waals surface area contributed by atoms with E-state index in [1.54, 1.807) is 0 Å². The Labute approximate surface area is 259 Å². The topological polar surface area (TPSA) is 43.6 Å². The van der Waals surface area contributed by atoms with Gasteiger partial charge in [-0.15, -0.1) is 0 Å². The van der Waals surface area contributed by atoms with E-state index in [0.717, 1.165) is 39.0 Å². The van der Waals surface area contributed by atoms with E-state index in [9.17, 15) is 0 Å². The van der Waals surface area contributed by atoms with Gasteiger partial charge in [0.2, 0.25) is 0 Å². The summed E-state index contributed by atoms with van der Waals surface area (Å²) in [4.78, 5) is 14.8. The summed E-state index contributed by atoms with van der Waals surface area (Å²) < 4.78 is 2.28. The Hall–Kier alpha value is -5.58. The third-order valence-electron chi connectivity index (χ3n) is 7.88. The van der Waals surface area contributed by atoms with Crippen LogP contribution in [0.3, 0.4) is 0 Å². The molecule has 0 saturated heterocycles. The number of hydrogen-bond donors (Lipinski definition) is 0. The smallest absolute Gasteiger partial charge is 0.164 e. The molecule has 2 heterocycles. The van der Waals surface area contributed by atoms with Crippen molar-refractivity contribution in [2.24, 2.45) is 0 Å². The van der Waals surface area contributed by atoms with Gasteiger partial charge >= 0.3 is 0 Å². The molecular formula is C39H25ClN4. The van der Waals surface area contributed by atoms with Gasteiger partial charge < -0.3 is 4.57 Å². The molecule has 0 bridgehead atoms. The Bertz CT molecular complexity index is 2220. The number of fused-ring (bicyclic) bond motifs is 3. The van der Waals surface area contributed by atoms with E-state index in [-0.39, 0.29) is 0 Å². The molecule has 0 radical (unpaired) electrons. The van der Waals surface area contributed by atoms with Gasteiger partial charge in [0.1, 0.15) is 0 Å². The van der Waals surface area contributed by atoms with Crippen LogP contribution in [0, 0.1) is 0 Å². The molecule has 0 unspecified atom stereocenters. The molecule has 0 aliphatic carbocycles. The summed E-state index contributed by atoms with van der Waals surface area (Å²) in [6.07, 6.45) is 0. The van der Waals surface area contributed by atoms with Crippen molar-refractivity contribution >= 4 is 33.4 Å². The number of hydrogen-bond acceptors (Lipinski definition) is 3. The van der Waals surface area contributed by atoms with Gasteiger partial charge in [-0.25, -0.2) is 15.0 Å².